The molecule has 1 atom stereocenters. The predicted octanol–water partition coefficient (Wildman–Crippen LogP) is -0.0428. The second-order valence-corrected chi connectivity index (χ2v) is 6.50. The van der Waals surface area contributed by atoms with Crippen LogP contribution < -0.4 is 16.7 Å². The van der Waals surface area contributed by atoms with Crippen molar-refractivity contribution in [1.29, 1.82) is 0 Å². The maximum atomic E-state index is 13.8. The topological polar surface area (TPSA) is 86.8 Å². The number of rotatable bonds is 8. The van der Waals surface area contributed by atoms with Crippen molar-refractivity contribution in [2.24, 2.45) is 5.73 Å². The molecule has 2 aromatic rings. The second-order valence-electron chi connectivity index (χ2n) is 6.50. The Labute approximate surface area is 162 Å². The van der Waals surface area contributed by atoms with Crippen molar-refractivity contribution in [1.82, 2.24) is 4.90 Å². The molecule has 28 heavy (non-hydrogen) atoms. The third-order valence-corrected chi connectivity index (χ3v) is 4.09. The van der Waals surface area contributed by atoms with Gasteiger partial charge < -0.3 is 20.7 Å². The van der Waals surface area contributed by atoms with Crippen LogP contribution in [0.4, 0.5) is 13.2 Å². The van der Waals surface area contributed by atoms with Crippen LogP contribution in [0.1, 0.15) is 29.3 Å². The van der Waals surface area contributed by atoms with Gasteiger partial charge in [-0.3, -0.25) is 4.79 Å². The van der Waals surface area contributed by atoms with Crippen molar-refractivity contribution < 1.29 is 28.0 Å². The van der Waals surface area contributed by atoms with Crippen molar-refractivity contribution in [2.45, 2.75) is 25.9 Å². The fourth-order valence-corrected chi connectivity index (χ4v) is 2.68. The molecule has 0 saturated heterocycles. The van der Waals surface area contributed by atoms with E-state index in [0.717, 1.165) is 18.2 Å². The Morgan fingerprint density at radius 2 is 1.86 bits per heavy atom. The molecule has 0 aromatic heterocycles. The SMILES string of the molecule is C[C@@H](N)CCN(Cc1cc(F)c(F)c([B]O)c1)C(=O)c1cc(F)cc([B]O)c1. The lowest BCUT2D eigenvalue weighted by molar-refractivity contribution is 0.0738. The Bertz CT molecular complexity index is 853. The lowest BCUT2D eigenvalue weighted by atomic mass is 9.86. The summed E-state index contributed by atoms with van der Waals surface area (Å²) in [5.74, 6) is -3.64. The summed E-state index contributed by atoms with van der Waals surface area (Å²) >= 11 is 0. The largest absolute Gasteiger partial charge is 0.450 e. The van der Waals surface area contributed by atoms with Gasteiger partial charge in [0.25, 0.3) is 5.91 Å². The highest BCUT2D eigenvalue weighted by molar-refractivity contribution is 6.46. The Kier molecular flexibility index (Phi) is 7.68. The van der Waals surface area contributed by atoms with E-state index < -0.39 is 23.4 Å². The van der Waals surface area contributed by atoms with Crippen molar-refractivity contribution in [3.8, 4) is 0 Å². The summed E-state index contributed by atoms with van der Waals surface area (Å²) in [5.41, 5.74) is 5.74. The lowest BCUT2D eigenvalue weighted by Gasteiger charge is -2.24. The van der Waals surface area contributed by atoms with E-state index in [1.54, 1.807) is 6.92 Å². The van der Waals surface area contributed by atoms with E-state index >= 15 is 0 Å². The first-order chi connectivity index (χ1) is 13.2. The molecule has 0 unspecified atom stereocenters. The highest BCUT2D eigenvalue weighted by atomic mass is 19.2. The standard InChI is InChI=1S/C18H19B2F3N2O3/c1-10(24)2-3-25(9-11-4-15(20-28)17(23)16(22)5-11)18(26)12-6-13(19-27)8-14(21)7-12/h4-8,10,27-28H,2-3,9,24H2,1H3/t10-/m1/s1. The fourth-order valence-electron chi connectivity index (χ4n) is 2.68. The molecule has 0 spiro atoms. The number of benzene rings is 2. The van der Waals surface area contributed by atoms with Gasteiger partial charge in [-0.25, -0.2) is 13.2 Å². The van der Waals surface area contributed by atoms with E-state index in [2.05, 4.69) is 0 Å². The molecule has 146 valence electrons. The number of nitrogens with two attached hydrogens (primary N) is 1. The summed E-state index contributed by atoms with van der Waals surface area (Å²) in [6, 6.07) is 5.29. The molecule has 0 heterocycles. The van der Waals surface area contributed by atoms with E-state index in [1.165, 1.54) is 17.0 Å². The van der Waals surface area contributed by atoms with Crippen LogP contribution in [-0.2, 0) is 6.54 Å². The molecular formula is C18H19B2F3N2O3. The molecule has 10 heteroatoms. The molecule has 0 aliphatic carbocycles. The average Bonchev–Trinajstić information content (AvgIpc) is 2.66. The highest BCUT2D eigenvalue weighted by Gasteiger charge is 2.20. The van der Waals surface area contributed by atoms with Crippen molar-refractivity contribution >= 4 is 31.8 Å². The van der Waals surface area contributed by atoms with E-state index in [1.807, 2.05) is 0 Å². The Morgan fingerprint density at radius 3 is 2.46 bits per heavy atom. The van der Waals surface area contributed by atoms with Gasteiger partial charge in [0.15, 0.2) is 11.6 Å². The van der Waals surface area contributed by atoms with Crippen LogP contribution in [0.3, 0.4) is 0 Å². The number of amides is 1. The van der Waals surface area contributed by atoms with Gasteiger partial charge in [-0.05, 0) is 42.6 Å². The Hall–Kier alpha value is -2.29. The van der Waals surface area contributed by atoms with Crippen LogP contribution in [-0.4, -0.2) is 48.4 Å². The number of hydrogen-bond acceptors (Lipinski definition) is 4. The number of carbonyl (C=O) groups is 1. The number of halogens is 3. The van der Waals surface area contributed by atoms with Crippen molar-refractivity contribution in [2.75, 3.05) is 6.54 Å². The van der Waals surface area contributed by atoms with E-state index in [4.69, 9.17) is 15.8 Å². The first-order valence-electron chi connectivity index (χ1n) is 8.53. The molecule has 2 rings (SSSR count). The van der Waals surface area contributed by atoms with E-state index in [0.29, 0.717) is 21.4 Å². The monoisotopic (exact) mass is 390 g/mol. The summed E-state index contributed by atoms with van der Waals surface area (Å²) in [7, 11) is 1.11. The average molecular weight is 390 g/mol. The zero-order valence-electron chi connectivity index (χ0n) is 15.2. The van der Waals surface area contributed by atoms with Gasteiger partial charge in [0, 0.05) is 24.7 Å². The van der Waals surface area contributed by atoms with Crippen LogP contribution in [0.25, 0.3) is 0 Å². The molecule has 4 N–H and O–H groups in total. The van der Waals surface area contributed by atoms with Gasteiger partial charge >= 0.3 is 15.0 Å². The van der Waals surface area contributed by atoms with Crippen LogP contribution in [0.2, 0.25) is 0 Å². The lowest BCUT2D eigenvalue weighted by Crippen LogP contribution is -2.35. The minimum atomic E-state index is -1.20. The molecule has 0 aliphatic rings. The number of carbonyl (C=O) groups excluding carboxylic acids is 1. The summed E-state index contributed by atoms with van der Waals surface area (Å²) < 4.78 is 41.1. The molecule has 0 saturated carbocycles. The van der Waals surface area contributed by atoms with Gasteiger partial charge in [-0.2, -0.15) is 0 Å². The zero-order valence-corrected chi connectivity index (χ0v) is 15.2. The van der Waals surface area contributed by atoms with Crippen LogP contribution in [0, 0.1) is 17.5 Å². The molecule has 2 radical (unpaired) electrons. The number of nitrogens with zero attached hydrogens (tertiary/aromatic N) is 1. The normalized spacial score (nSPS) is 11.8. The summed E-state index contributed by atoms with van der Waals surface area (Å²) in [6.07, 6.45) is 0.419. The van der Waals surface area contributed by atoms with E-state index in [-0.39, 0.29) is 41.2 Å². The van der Waals surface area contributed by atoms with Gasteiger partial charge in [0.2, 0.25) is 0 Å². The zero-order chi connectivity index (χ0) is 20.8. The first-order valence-corrected chi connectivity index (χ1v) is 8.53. The summed E-state index contributed by atoms with van der Waals surface area (Å²) in [4.78, 5) is 14.2. The van der Waals surface area contributed by atoms with Gasteiger partial charge in [0.1, 0.15) is 5.82 Å². The third kappa shape index (κ3) is 5.60. The van der Waals surface area contributed by atoms with Crippen LogP contribution >= 0.6 is 0 Å². The van der Waals surface area contributed by atoms with Crippen LogP contribution in [0.15, 0.2) is 30.3 Å². The fraction of sp³-hybridized carbons (Fsp3) is 0.278. The Balaban J connectivity index is 2.35. The van der Waals surface area contributed by atoms with Crippen molar-refractivity contribution in [3.05, 3.63) is 58.9 Å². The molecule has 0 fully saturated rings. The summed E-state index contributed by atoms with van der Waals surface area (Å²) in [6.45, 7) is 1.82. The molecule has 1 amide bonds. The highest BCUT2D eigenvalue weighted by Crippen LogP contribution is 2.14. The summed E-state index contributed by atoms with van der Waals surface area (Å²) in [5, 5.41) is 18.2. The molecule has 0 aliphatic heterocycles. The minimum absolute atomic E-state index is 0.0125. The minimum Gasteiger partial charge on any atom is -0.450 e. The molecule has 0 bridgehead atoms. The number of hydrogen-bond donors (Lipinski definition) is 3. The maximum Gasteiger partial charge on any atom is 0.329 e. The van der Waals surface area contributed by atoms with Crippen molar-refractivity contribution in [3.63, 3.8) is 0 Å². The maximum absolute atomic E-state index is 13.8. The van der Waals surface area contributed by atoms with Gasteiger partial charge in [-0.15, -0.1) is 0 Å². The quantitative estimate of drug-likeness (QED) is 0.553. The van der Waals surface area contributed by atoms with E-state index in [9.17, 15) is 18.0 Å². The molecule has 5 nitrogen and oxygen atoms in total. The smallest absolute Gasteiger partial charge is 0.329 e. The molecule has 2 aromatic carbocycles. The Morgan fingerprint density at radius 1 is 1.14 bits per heavy atom. The van der Waals surface area contributed by atoms with Gasteiger partial charge in [-0.1, -0.05) is 17.6 Å². The van der Waals surface area contributed by atoms with Gasteiger partial charge in [0.05, 0.1) is 0 Å². The first kappa shape index (κ1) is 22.0. The molecular weight excluding hydrogens is 371 g/mol. The van der Waals surface area contributed by atoms with Crippen LogP contribution in [0.5, 0.6) is 0 Å². The third-order valence-electron chi connectivity index (χ3n) is 4.09. The second kappa shape index (κ2) is 9.77. The predicted molar refractivity (Wildman–Crippen MR) is 101 cm³/mol.